The van der Waals surface area contributed by atoms with E-state index in [9.17, 15) is 4.39 Å². The number of ether oxygens (including phenoxy) is 1. The molecule has 0 aromatic heterocycles. The molecule has 2 unspecified atom stereocenters. The summed E-state index contributed by atoms with van der Waals surface area (Å²) >= 11 is 3.24. The third kappa shape index (κ3) is 2.78. The summed E-state index contributed by atoms with van der Waals surface area (Å²) in [5, 5.41) is 0. The van der Waals surface area contributed by atoms with Gasteiger partial charge < -0.3 is 10.5 Å². The molecule has 110 valence electrons. The molecule has 1 aromatic carbocycles. The van der Waals surface area contributed by atoms with Crippen LogP contribution in [0.2, 0.25) is 0 Å². The highest BCUT2D eigenvalue weighted by molar-refractivity contribution is 9.10. The molecule has 2 nitrogen and oxygen atoms in total. The van der Waals surface area contributed by atoms with Crippen LogP contribution < -0.4 is 5.73 Å². The van der Waals surface area contributed by atoms with Gasteiger partial charge in [0.15, 0.2) is 0 Å². The van der Waals surface area contributed by atoms with E-state index in [-0.39, 0.29) is 17.5 Å². The van der Waals surface area contributed by atoms with E-state index in [1.165, 1.54) is 31.7 Å². The summed E-state index contributed by atoms with van der Waals surface area (Å²) in [5.41, 5.74) is 7.53. The largest absolute Gasteiger partial charge is 0.375 e. The molecule has 1 saturated carbocycles. The van der Waals surface area contributed by atoms with Crippen LogP contribution >= 0.6 is 15.9 Å². The minimum atomic E-state index is -0.236. The molecule has 2 fully saturated rings. The first kappa shape index (κ1) is 14.5. The van der Waals surface area contributed by atoms with Gasteiger partial charge in [-0.2, -0.15) is 0 Å². The molecule has 4 heteroatoms. The number of rotatable bonds is 2. The molecular formula is C16H21BrFNO. The van der Waals surface area contributed by atoms with E-state index in [4.69, 9.17) is 10.5 Å². The van der Waals surface area contributed by atoms with E-state index < -0.39 is 0 Å². The van der Waals surface area contributed by atoms with E-state index in [1.807, 2.05) is 12.1 Å². The zero-order valence-electron chi connectivity index (χ0n) is 11.6. The second kappa shape index (κ2) is 5.74. The Hall–Kier alpha value is -0.450. The maximum atomic E-state index is 13.3. The second-order valence-corrected chi connectivity index (χ2v) is 7.05. The van der Waals surface area contributed by atoms with Crippen LogP contribution in [0.15, 0.2) is 22.7 Å². The Morgan fingerprint density at radius 1 is 1.35 bits per heavy atom. The van der Waals surface area contributed by atoms with Crippen molar-refractivity contribution in [1.29, 1.82) is 0 Å². The van der Waals surface area contributed by atoms with Gasteiger partial charge >= 0.3 is 0 Å². The van der Waals surface area contributed by atoms with Gasteiger partial charge in [-0.15, -0.1) is 0 Å². The van der Waals surface area contributed by atoms with E-state index in [0.29, 0.717) is 10.4 Å². The summed E-state index contributed by atoms with van der Waals surface area (Å²) in [6, 6.07) is 5.08. The number of benzene rings is 1. The van der Waals surface area contributed by atoms with Crippen molar-refractivity contribution < 1.29 is 9.13 Å². The van der Waals surface area contributed by atoms with E-state index >= 15 is 0 Å². The predicted molar refractivity (Wildman–Crippen MR) is 80.9 cm³/mol. The SMILES string of the molecule is NC(c1ccc(F)c(Br)c1)C1CCOC2(CCCC2)C1. The average molecular weight is 342 g/mol. The summed E-state index contributed by atoms with van der Waals surface area (Å²) in [4.78, 5) is 0. The lowest BCUT2D eigenvalue weighted by molar-refractivity contribution is -0.0963. The second-order valence-electron chi connectivity index (χ2n) is 6.19. The van der Waals surface area contributed by atoms with Crippen molar-refractivity contribution in [3.05, 3.63) is 34.1 Å². The maximum absolute atomic E-state index is 13.3. The van der Waals surface area contributed by atoms with Crippen LogP contribution in [0.3, 0.4) is 0 Å². The Labute approximate surface area is 128 Å². The third-order valence-electron chi connectivity index (χ3n) is 4.88. The first-order valence-corrected chi connectivity index (χ1v) is 8.23. The lowest BCUT2D eigenvalue weighted by atomic mass is 9.79. The monoisotopic (exact) mass is 341 g/mol. The van der Waals surface area contributed by atoms with Gasteiger partial charge in [0.05, 0.1) is 10.1 Å². The highest BCUT2D eigenvalue weighted by Gasteiger charge is 2.41. The van der Waals surface area contributed by atoms with Gasteiger partial charge in [0.2, 0.25) is 0 Å². The molecular weight excluding hydrogens is 321 g/mol. The first-order chi connectivity index (χ1) is 9.60. The van der Waals surface area contributed by atoms with Gasteiger partial charge in [-0.05, 0) is 65.2 Å². The fourth-order valence-electron chi connectivity index (χ4n) is 3.73. The Kier molecular flexibility index (Phi) is 4.16. The normalized spacial score (nSPS) is 26.9. The van der Waals surface area contributed by atoms with E-state index in [1.54, 1.807) is 0 Å². The van der Waals surface area contributed by atoms with E-state index in [0.717, 1.165) is 25.0 Å². The molecule has 2 N–H and O–H groups in total. The van der Waals surface area contributed by atoms with Crippen LogP contribution in [0.25, 0.3) is 0 Å². The van der Waals surface area contributed by atoms with Gasteiger partial charge in [0.1, 0.15) is 5.82 Å². The molecule has 2 aliphatic rings. The highest BCUT2D eigenvalue weighted by Crippen LogP contribution is 2.44. The summed E-state index contributed by atoms with van der Waals surface area (Å²) in [5.74, 6) is 0.194. The molecule has 1 heterocycles. The van der Waals surface area contributed by atoms with E-state index in [2.05, 4.69) is 15.9 Å². The lowest BCUT2D eigenvalue weighted by Gasteiger charge is -2.40. The summed E-state index contributed by atoms with van der Waals surface area (Å²) in [7, 11) is 0. The Morgan fingerprint density at radius 2 is 2.10 bits per heavy atom. The molecule has 20 heavy (non-hydrogen) atoms. The molecule has 1 saturated heterocycles. The predicted octanol–water partition coefficient (Wildman–Crippen LogP) is 4.33. The van der Waals surface area contributed by atoms with Gasteiger partial charge in [-0.3, -0.25) is 0 Å². The van der Waals surface area contributed by atoms with Crippen molar-refractivity contribution in [1.82, 2.24) is 0 Å². The van der Waals surface area contributed by atoms with Crippen LogP contribution in [-0.4, -0.2) is 12.2 Å². The van der Waals surface area contributed by atoms with Crippen molar-refractivity contribution in [3.8, 4) is 0 Å². The molecule has 0 bridgehead atoms. The molecule has 1 spiro atoms. The molecule has 2 atom stereocenters. The minimum absolute atomic E-state index is 0.0340. The van der Waals surface area contributed by atoms with Gasteiger partial charge in [0, 0.05) is 12.6 Å². The smallest absolute Gasteiger partial charge is 0.137 e. The average Bonchev–Trinajstić information content (AvgIpc) is 2.89. The van der Waals surface area contributed by atoms with Gasteiger partial charge in [0.25, 0.3) is 0 Å². The number of hydrogen-bond acceptors (Lipinski definition) is 2. The van der Waals surface area contributed by atoms with Crippen molar-refractivity contribution in [3.63, 3.8) is 0 Å². The molecule has 0 radical (unpaired) electrons. The Balaban J connectivity index is 1.75. The lowest BCUT2D eigenvalue weighted by Crippen LogP contribution is -2.40. The molecule has 1 aliphatic heterocycles. The van der Waals surface area contributed by atoms with Crippen molar-refractivity contribution in [2.45, 2.75) is 50.2 Å². The molecule has 1 aromatic rings. The molecule has 0 amide bonds. The zero-order chi connectivity index (χ0) is 14.2. The number of halogens is 2. The maximum Gasteiger partial charge on any atom is 0.137 e. The fourth-order valence-corrected chi connectivity index (χ4v) is 4.13. The van der Waals surface area contributed by atoms with Crippen LogP contribution in [0, 0.1) is 11.7 Å². The third-order valence-corrected chi connectivity index (χ3v) is 5.49. The summed E-state index contributed by atoms with van der Waals surface area (Å²) < 4.78 is 19.9. The van der Waals surface area contributed by atoms with Crippen molar-refractivity contribution in [2.24, 2.45) is 11.7 Å². The van der Waals surface area contributed by atoms with Crippen LogP contribution in [0.5, 0.6) is 0 Å². The van der Waals surface area contributed by atoms with Crippen LogP contribution in [0.4, 0.5) is 4.39 Å². The van der Waals surface area contributed by atoms with Gasteiger partial charge in [-0.25, -0.2) is 4.39 Å². The summed E-state index contributed by atoms with van der Waals surface area (Å²) in [6.07, 6.45) is 6.92. The molecule has 1 aliphatic carbocycles. The highest BCUT2D eigenvalue weighted by atomic mass is 79.9. The van der Waals surface area contributed by atoms with Crippen LogP contribution in [-0.2, 0) is 4.74 Å². The molecule has 3 rings (SSSR count). The van der Waals surface area contributed by atoms with Crippen LogP contribution in [0.1, 0.15) is 50.1 Å². The number of nitrogens with two attached hydrogens (primary N) is 1. The van der Waals surface area contributed by atoms with Crippen molar-refractivity contribution in [2.75, 3.05) is 6.61 Å². The topological polar surface area (TPSA) is 35.2 Å². The Bertz CT molecular complexity index is 487. The standard InChI is InChI=1S/C16H21BrFNO/c17-13-9-11(3-4-14(13)18)15(19)12-5-8-20-16(10-12)6-1-2-7-16/h3-4,9,12,15H,1-2,5-8,10,19H2. The Morgan fingerprint density at radius 3 is 2.80 bits per heavy atom. The van der Waals surface area contributed by atoms with Gasteiger partial charge in [-0.1, -0.05) is 18.9 Å². The minimum Gasteiger partial charge on any atom is -0.375 e. The number of hydrogen-bond donors (Lipinski definition) is 1. The zero-order valence-corrected chi connectivity index (χ0v) is 13.2. The fraction of sp³-hybridized carbons (Fsp3) is 0.625. The quantitative estimate of drug-likeness (QED) is 0.868. The van der Waals surface area contributed by atoms with Crippen molar-refractivity contribution >= 4 is 15.9 Å². The first-order valence-electron chi connectivity index (χ1n) is 7.44. The summed E-state index contributed by atoms with van der Waals surface area (Å²) in [6.45, 7) is 0.806.